The monoisotopic (exact) mass is 618 g/mol. The van der Waals surface area contributed by atoms with Crippen molar-refractivity contribution in [3.05, 3.63) is 0 Å². The van der Waals surface area contributed by atoms with E-state index in [4.69, 9.17) is 9.29 Å². The van der Waals surface area contributed by atoms with E-state index in [1.807, 2.05) is 0 Å². The quantitative estimate of drug-likeness (QED) is 0.0438. The summed E-state index contributed by atoms with van der Waals surface area (Å²) in [6.07, 6.45) is 36.8. The largest absolute Gasteiger partial charge is 0.465 e. The topological polar surface area (TPSA) is 89.9 Å². The van der Waals surface area contributed by atoms with Crippen LogP contribution in [-0.4, -0.2) is 32.2 Å². The predicted octanol–water partition coefficient (Wildman–Crippen LogP) is 11.3. The summed E-state index contributed by atoms with van der Waals surface area (Å²) in [5.41, 5.74) is 0. The Balaban J connectivity index is 4.02. The molecule has 0 spiro atoms. The molecule has 1 unspecified atom stereocenters. The van der Waals surface area contributed by atoms with E-state index in [1.165, 1.54) is 167 Å². The molecule has 6 nitrogen and oxygen atoms in total. The highest BCUT2D eigenvalue weighted by Crippen LogP contribution is 2.21. The van der Waals surface area contributed by atoms with Gasteiger partial charge in [0, 0.05) is 0 Å². The second kappa shape index (κ2) is 31.8. The summed E-state index contributed by atoms with van der Waals surface area (Å²) >= 11 is 0. The van der Waals surface area contributed by atoms with Crippen LogP contribution in [0.3, 0.4) is 0 Å². The molecule has 0 saturated heterocycles. The number of carbonyl (C=O) groups excluding carboxylic acids is 1. The van der Waals surface area contributed by atoms with E-state index in [9.17, 15) is 13.2 Å². The number of ether oxygens (including phenoxy) is 1. The Bertz CT molecular complexity index is 666. The fraction of sp³-hybridized carbons (Fsp3) is 0.971. The maximum Gasteiger partial charge on any atom is 0.397 e. The van der Waals surface area contributed by atoms with Gasteiger partial charge in [0.05, 0.1) is 19.6 Å². The number of hydrogen-bond acceptors (Lipinski definition) is 5. The first-order valence-corrected chi connectivity index (χ1v) is 19.5. The molecule has 0 bridgehead atoms. The van der Waals surface area contributed by atoms with Gasteiger partial charge in [0.15, 0.2) is 0 Å². The van der Waals surface area contributed by atoms with Crippen LogP contribution in [0.2, 0.25) is 0 Å². The average molecular weight is 619 g/mol. The lowest BCUT2D eigenvalue weighted by atomic mass is 9.94. The van der Waals surface area contributed by atoms with Gasteiger partial charge >= 0.3 is 16.4 Å². The van der Waals surface area contributed by atoms with Crippen molar-refractivity contribution in [2.24, 2.45) is 5.92 Å². The van der Waals surface area contributed by atoms with Crippen molar-refractivity contribution in [3.63, 3.8) is 0 Å². The summed E-state index contributed by atoms with van der Waals surface area (Å²) in [6.45, 7) is 4.54. The van der Waals surface area contributed by atoms with Crippen LogP contribution in [0, 0.1) is 5.92 Å². The van der Waals surface area contributed by atoms with Crippen molar-refractivity contribution >= 4 is 16.4 Å². The maximum atomic E-state index is 12.0. The fourth-order valence-electron chi connectivity index (χ4n) is 5.73. The van der Waals surface area contributed by atoms with Crippen LogP contribution in [0.25, 0.3) is 0 Å². The molecular formula is C35H70O6S. The van der Waals surface area contributed by atoms with Crippen molar-refractivity contribution in [3.8, 4) is 0 Å². The third-order valence-electron chi connectivity index (χ3n) is 8.45. The van der Waals surface area contributed by atoms with Crippen molar-refractivity contribution < 1.29 is 26.7 Å². The Hall–Kier alpha value is -0.660. The molecule has 7 heteroatoms. The minimum absolute atomic E-state index is 0.177. The van der Waals surface area contributed by atoms with Crippen LogP contribution in [0.1, 0.15) is 200 Å². The highest BCUT2D eigenvalue weighted by atomic mass is 32.3. The van der Waals surface area contributed by atoms with Gasteiger partial charge in [-0.05, 0) is 18.8 Å². The van der Waals surface area contributed by atoms with Crippen LogP contribution in [-0.2, 0) is 24.1 Å². The molecule has 0 heterocycles. The van der Waals surface area contributed by atoms with Crippen molar-refractivity contribution in [2.45, 2.75) is 200 Å². The molecule has 0 aliphatic heterocycles. The van der Waals surface area contributed by atoms with Crippen molar-refractivity contribution in [1.82, 2.24) is 0 Å². The smallest absolute Gasteiger partial charge is 0.397 e. The van der Waals surface area contributed by atoms with E-state index < -0.39 is 16.4 Å². The van der Waals surface area contributed by atoms with Crippen LogP contribution in [0.5, 0.6) is 0 Å². The Kier molecular flexibility index (Phi) is 31.3. The summed E-state index contributed by atoms with van der Waals surface area (Å²) in [5.74, 6) is -0.115. The van der Waals surface area contributed by atoms with E-state index >= 15 is 0 Å². The second-order valence-electron chi connectivity index (χ2n) is 12.6. The molecule has 0 aromatic heterocycles. The van der Waals surface area contributed by atoms with Gasteiger partial charge in [-0.2, -0.15) is 8.42 Å². The molecular weight excluding hydrogens is 548 g/mol. The lowest BCUT2D eigenvalue weighted by Crippen LogP contribution is -2.17. The highest BCUT2D eigenvalue weighted by Gasteiger charge is 2.14. The van der Waals surface area contributed by atoms with Crippen molar-refractivity contribution in [2.75, 3.05) is 13.2 Å². The van der Waals surface area contributed by atoms with Crippen LogP contribution in [0.15, 0.2) is 0 Å². The van der Waals surface area contributed by atoms with Crippen LogP contribution >= 0.6 is 0 Å². The SMILES string of the molecule is CCCCCCCCCCCCCCCCC(CCCCCCCCCCCCCC)COC(=O)CCOS(=O)(=O)O. The summed E-state index contributed by atoms with van der Waals surface area (Å²) < 4.78 is 39.7. The van der Waals surface area contributed by atoms with E-state index in [0.717, 1.165) is 12.8 Å². The van der Waals surface area contributed by atoms with E-state index in [0.29, 0.717) is 12.5 Å². The average Bonchev–Trinajstić information content (AvgIpc) is 2.95. The van der Waals surface area contributed by atoms with Gasteiger partial charge in [-0.15, -0.1) is 0 Å². The van der Waals surface area contributed by atoms with Crippen molar-refractivity contribution in [1.29, 1.82) is 0 Å². The van der Waals surface area contributed by atoms with Gasteiger partial charge in [-0.25, -0.2) is 4.18 Å². The highest BCUT2D eigenvalue weighted by molar-refractivity contribution is 7.80. The van der Waals surface area contributed by atoms with Crippen LogP contribution in [0.4, 0.5) is 0 Å². The Morgan fingerprint density at radius 1 is 0.548 bits per heavy atom. The van der Waals surface area contributed by atoms with Gasteiger partial charge < -0.3 is 4.74 Å². The molecule has 0 rings (SSSR count). The van der Waals surface area contributed by atoms with Crippen LogP contribution < -0.4 is 0 Å². The van der Waals surface area contributed by atoms with E-state index in [1.54, 1.807) is 0 Å². The standard InChI is InChI=1S/C35H70O6S/c1-3-5-7-9-11-13-15-17-18-20-22-24-26-28-30-34(33-40-35(36)31-32-41-42(37,38)39)29-27-25-23-21-19-16-14-12-10-8-6-4-2/h34H,3-33H2,1-2H3,(H,37,38,39). The van der Waals surface area contributed by atoms with Gasteiger partial charge in [0.25, 0.3) is 0 Å². The van der Waals surface area contributed by atoms with E-state index in [-0.39, 0.29) is 13.0 Å². The zero-order chi connectivity index (χ0) is 31.0. The zero-order valence-electron chi connectivity index (χ0n) is 27.9. The molecule has 1 N–H and O–H groups in total. The van der Waals surface area contributed by atoms with Gasteiger partial charge in [0.1, 0.15) is 0 Å². The maximum absolute atomic E-state index is 12.0. The molecule has 0 aliphatic rings. The zero-order valence-corrected chi connectivity index (χ0v) is 28.7. The first-order valence-electron chi connectivity index (χ1n) is 18.2. The molecule has 0 aromatic rings. The van der Waals surface area contributed by atoms with Gasteiger partial charge in [-0.3, -0.25) is 9.35 Å². The summed E-state index contributed by atoms with van der Waals surface area (Å²) in [4.78, 5) is 12.0. The first kappa shape index (κ1) is 41.3. The third kappa shape index (κ3) is 33.8. The Labute approximate surface area is 261 Å². The Morgan fingerprint density at radius 3 is 1.17 bits per heavy atom. The third-order valence-corrected chi connectivity index (χ3v) is 8.91. The number of rotatable bonds is 34. The number of unbranched alkanes of at least 4 members (excludes halogenated alkanes) is 24. The molecule has 252 valence electrons. The minimum atomic E-state index is -4.52. The molecule has 1 atom stereocenters. The number of esters is 1. The van der Waals surface area contributed by atoms with Gasteiger partial charge in [-0.1, -0.05) is 181 Å². The molecule has 0 aromatic carbocycles. The molecule has 42 heavy (non-hydrogen) atoms. The molecule has 0 aliphatic carbocycles. The molecule has 0 radical (unpaired) electrons. The number of carbonyl (C=O) groups is 1. The predicted molar refractivity (Wildman–Crippen MR) is 177 cm³/mol. The normalized spacial score (nSPS) is 12.5. The fourth-order valence-corrected chi connectivity index (χ4v) is 6.02. The lowest BCUT2D eigenvalue weighted by Gasteiger charge is -2.17. The minimum Gasteiger partial charge on any atom is -0.465 e. The van der Waals surface area contributed by atoms with Gasteiger partial charge in [0.2, 0.25) is 0 Å². The summed E-state index contributed by atoms with van der Waals surface area (Å²) in [7, 11) is -4.52. The Morgan fingerprint density at radius 2 is 0.857 bits per heavy atom. The summed E-state index contributed by atoms with van der Waals surface area (Å²) in [5, 5.41) is 0. The van der Waals surface area contributed by atoms with E-state index in [2.05, 4.69) is 18.0 Å². The second-order valence-corrected chi connectivity index (χ2v) is 13.7. The lowest BCUT2D eigenvalue weighted by molar-refractivity contribution is -0.145. The molecule has 0 saturated carbocycles. The molecule has 0 amide bonds. The summed E-state index contributed by atoms with van der Waals surface area (Å²) in [6, 6.07) is 0. The molecule has 0 fully saturated rings. The first-order chi connectivity index (χ1) is 20.4. The number of hydrogen-bond donors (Lipinski definition) is 1.